The van der Waals surface area contributed by atoms with Gasteiger partial charge in [-0.3, -0.25) is 9.59 Å². The second kappa shape index (κ2) is 6.39. The molecule has 2 aromatic rings. The molecule has 2 saturated heterocycles. The lowest BCUT2D eigenvalue weighted by atomic mass is 9.85. The summed E-state index contributed by atoms with van der Waals surface area (Å²) in [5.74, 6) is 0.386. The Morgan fingerprint density at radius 2 is 1.96 bits per heavy atom. The molecule has 2 aliphatic heterocycles. The fourth-order valence-corrected chi connectivity index (χ4v) is 4.14. The first-order valence-corrected chi connectivity index (χ1v) is 8.85. The number of hydrogen-bond acceptors (Lipinski definition) is 3. The van der Waals surface area contributed by atoms with Gasteiger partial charge in [-0.2, -0.15) is 0 Å². The van der Waals surface area contributed by atoms with E-state index in [4.69, 9.17) is 4.42 Å². The molecule has 4 rings (SSSR count). The maximum absolute atomic E-state index is 12.9. The highest BCUT2D eigenvalue weighted by Crippen LogP contribution is 2.38. The summed E-state index contributed by atoms with van der Waals surface area (Å²) in [6.07, 6.45) is 4.82. The second-order valence-electron chi connectivity index (χ2n) is 7.03. The summed E-state index contributed by atoms with van der Waals surface area (Å²) in [6, 6.07) is 13.4. The van der Waals surface area contributed by atoms with Crippen molar-refractivity contribution in [1.82, 2.24) is 9.80 Å². The molecule has 25 heavy (non-hydrogen) atoms. The van der Waals surface area contributed by atoms with E-state index in [0.29, 0.717) is 31.8 Å². The van der Waals surface area contributed by atoms with E-state index in [0.717, 1.165) is 24.8 Å². The molecule has 0 bridgehead atoms. The van der Waals surface area contributed by atoms with E-state index in [9.17, 15) is 9.59 Å². The van der Waals surface area contributed by atoms with Crippen molar-refractivity contribution in [1.29, 1.82) is 0 Å². The predicted octanol–water partition coefficient (Wildman–Crippen LogP) is 3.08. The minimum Gasteiger partial charge on any atom is -0.459 e. The molecular weight excluding hydrogens is 316 g/mol. The minimum absolute atomic E-state index is 0.0981. The molecule has 0 N–H and O–H groups in total. The molecule has 2 aliphatic rings. The van der Waals surface area contributed by atoms with Gasteiger partial charge < -0.3 is 14.2 Å². The predicted molar refractivity (Wildman–Crippen MR) is 92.8 cm³/mol. The summed E-state index contributed by atoms with van der Waals surface area (Å²) in [5.41, 5.74) is 0.723. The fourth-order valence-electron chi connectivity index (χ4n) is 4.14. The van der Waals surface area contributed by atoms with E-state index in [-0.39, 0.29) is 11.8 Å². The maximum atomic E-state index is 12.9. The Balaban J connectivity index is 1.57. The van der Waals surface area contributed by atoms with E-state index in [1.165, 1.54) is 6.26 Å². The summed E-state index contributed by atoms with van der Waals surface area (Å²) in [4.78, 5) is 29.3. The number of amides is 2. The Bertz CT molecular complexity index is 757. The minimum atomic E-state index is -0.395. The molecule has 5 heteroatoms. The normalized spacial score (nSPS) is 23.4. The van der Waals surface area contributed by atoms with Crippen LogP contribution in [0.4, 0.5) is 0 Å². The van der Waals surface area contributed by atoms with Gasteiger partial charge in [-0.1, -0.05) is 30.3 Å². The van der Waals surface area contributed by atoms with Crippen molar-refractivity contribution in [3.05, 3.63) is 60.1 Å². The van der Waals surface area contributed by atoms with E-state index in [2.05, 4.69) is 0 Å². The Labute approximate surface area is 147 Å². The van der Waals surface area contributed by atoms with Crippen molar-refractivity contribution in [2.45, 2.75) is 37.8 Å². The number of carbonyl (C=O) groups is 2. The highest BCUT2D eigenvalue weighted by atomic mass is 16.3. The molecule has 1 atom stereocenters. The molecule has 0 aliphatic carbocycles. The van der Waals surface area contributed by atoms with Crippen molar-refractivity contribution in [3.63, 3.8) is 0 Å². The summed E-state index contributed by atoms with van der Waals surface area (Å²) in [7, 11) is 0. The smallest absolute Gasteiger partial charge is 0.290 e. The van der Waals surface area contributed by atoms with Crippen LogP contribution in [0.2, 0.25) is 0 Å². The third kappa shape index (κ3) is 2.95. The van der Waals surface area contributed by atoms with Crippen LogP contribution in [0.5, 0.6) is 0 Å². The number of carbonyl (C=O) groups excluding carboxylic acids is 2. The van der Waals surface area contributed by atoms with Crippen LogP contribution in [0, 0.1) is 0 Å². The molecule has 2 fully saturated rings. The fraction of sp³-hybridized carbons (Fsp3) is 0.400. The lowest BCUT2D eigenvalue weighted by Crippen LogP contribution is -2.56. The van der Waals surface area contributed by atoms with E-state index in [1.54, 1.807) is 12.1 Å². The van der Waals surface area contributed by atoms with E-state index < -0.39 is 5.54 Å². The zero-order valence-corrected chi connectivity index (χ0v) is 14.2. The van der Waals surface area contributed by atoms with Gasteiger partial charge in [0, 0.05) is 19.6 Å². The van der Waals surface area contributed by atoms with Gasteiger partial charge in [0.2, 0.25) is 5.91 Å². The van der Waals surface area contributed by atoms with Gasteiger partial charge in [-0.15, -0.1) is 0 Å². The van der Waals surface area contributed by atoms with Gasteiger partial charge in [-0.05, 0) is 37.0 Å². The lowest BCUT2D eigenvalue weighted by Gasteiger charge is -2.44. The van der Waals surface area contributed by atoms with Crippen LogP contribution in [0.15, 0.2) is 53.1 Å². The Hall–Kier alpha value is -2.56. The standard InChI is InChI=1S/C20H22N2O3/c23-18-13-20(15-21(18)14-16-7-2-1-3-8-16)10-4-5-11-22(20)19(24)17-9-6-12-25-17/h1-3,6-9,12H,4-5,10-11,13-15H2/t20-/m1/s1. The van der Waals surface area contributed by atoms with Gasteiger partial charge >= 0.3 is 0 Å². The third-order valence-electron chi connectivity index (χ3n) is 5.36. The molecular formula is C20H22N2O3. The highest BCUT2D eigenvalue weighted by Gasteiger charge is 2.50. The average molecular weight is 338 g/mol. The van der Waals surface area contributed by atoms with Crippen LogP contribution in [-0.4, -0.2) is 40.2 Å². The molecule has 1 spiro atoms. The molecule has 1 aromatic heterocycles. The number of furan rings is 1. The van der Waals surface area contributed by atoms with Crippen LogP contribution in [0.25, 0.3) is 0 Å². The van der Waals surface area contributed by atoms with E-state index in [1.807, 2.05) is 40.1 Å². The molecule has 1 aromatic carbocycles. The molecule has 0 unspecified atom stereocenters. The number of rotatable bonds is 3. The van der Waals surface area contributed by atoms with Crippen molar-refractivity contribution in [2.75, 3.05) is 13.1 Å². The first kappa shape index (κ1) is 15.9. The van der Waals surface area contributed by atoms with Crippen molar-refractivity contribution in [3.8, 4) is 0 Å². The maximum Gasteiger partial charge on any atom is 0.290 e. The molecule has 0 saturated carbocycles. The number of likely N-dealkylation sites (tertiary alicyclic amines) is 2. The molecule has 0 radical (unpaired) electrons. The van der Waals surface area contributed by atoms with Crippen LogP contribution in [0.3, 0.4) is 0 Å². The number of hydrogen-bond donors (Lipinski definition) is 0. The molecule has 2 amide bonds. The molecule has 130 valence electrons. The van der Waals surface area contributed by atoms with Gasteiger partial charge in [0.25, 0.3) is 5.91 Å². The monoisotopic (exact) mass is 338 g/mol. The number of benzene rings is 1. The van der Waals surface area contributed by atoms with Crippen LogP contribution in [0.1, 0.15) is 41.8 Å². The third-order valence-corrected chi connectivity index (χ3v) is 5.36. The molecule has 3 heterocycles. The van der Waals surface area contributed by atoms with Crippen molar-refractivity contribution >= 4 is 11.8 Å². The topological polar surface area (TPSA) is 53.8 Å². The summed E-state index contributed by atoms with van der Waals surface area (Å²) in [5, 5.41) is 0. The van der Waals surface area contributed by atoms with Crippen LogP contribution in [-0.2, 0) is 11.3 Å². The first-order valence-electron chi connectivity index (χ1n) is 8.85. The Morgan fingerprint density at radius 1 is 1.12 bits per heavy atom. The summed E-state index contributed by atoms with van der Waals surface area (Å²) in [6.45, 7) is 1.89. The average Bonchev–Trinajstić information content (AvgIpc) is 3.25. The summed E-state index contributed by atoms with van der Waals surface area (Å²) >= 11 is 0. The lowest BCUT2D eigenvalue weighted by molar-refractivity contribution is -0.128. The largest absolute Gasteiger partial charge is 0.459 e. The van der Waals surface area contributed by atoms with Gasteiger partial charge in [0.15, 0.2) is 5.76 Å². The van der Waals surface area contributed by atoms with Crippen LogP contribution < -0.4 is 0 Å². The van der Waals surface area contributed by atoms with Crippen LogP contribution >= 0.6 is 0 Å². The number of piperidine rings is 1. The Morgan fingerprint density at radius 3 is 2.72 bits per heavy atom. The quantitative estimate of drug-likeness (QED) is 0.864. The zero-order chi connectivity index (χ0) is 17.3. The number of nitrogens with zero attached hydrogens (tertiary/aromatic N) is 2. The Kier molecular flexibility index (Phi) is 4.07. The van der Waals surface area contributed by atoms with Gasteiger partial charge in [-0.25, -0.2) is 0 Å². The van der Waals surface area contributed by atoms with Crippen molar-refractivity contribution < 1.29 is 14.0 Å². The van der Waals surface area contributed by atoms with E-state index >= 15 is 0 Å². The van der Waals surface area contributed by atoms with Gasteiger partial charge in [0.05, 0.1) is 18.2 Å². The van der Waals surface area contributed by atoms with Gasteiger partial charge in [0.1, 0.15) is 0 Å². The highest BCUT2D eigenvalue weighted by molar-refractivity contribution is 5.93. The first-order chi connectivity index (χ1) is 12.2. The zero-order valence-electron chi connectivity index (χ0n) is 14.2. The second-order valence-corrected chi connectivity index (χ2v) is 7.03. The van der Waals surface area contributed by atoms with Crippen molar-refractivity contribution in [2.24, 2.45) is 0 Å². The SMILES string of the molecule is O=C1C[C@]2(CCCCN2C(=O)c2ccco2)CN1Cc1ccccc1. The summed E-state index contributed by atoms with van der Waals surface area (Å²) < 4.78 is 5.31. The molecule has 5 nitrogen and oxygen atoms in total.